The Morgan fingerprint density at radius 2 is 1.85 bits per heavy atom. The van der Waals surface area contributed by atoms with Gasteiger partial charge in [-0.15, -0.1) is 0 Å². The van der Waals surface area contributed by atoms with Crippen molar-refractivity contribution in [3.8, 4) is 0 Å². The molecule has 1 aromatic heterocycles. The van der Waals surface area contributed by atoms with Crippen molar-refractivity contribution in [1.29, 1.82) is 0 Å². The van der Waals surface area contributed by atoms with Gasteiger partial charge in [-0.1, -0.05) is 53.0 Å². The normalized spacial score (nSPS) is 12.0. The zero-order valence-electron chi connectivity index (χ0n) is 13.9. The molecular weight excluding hydrogens is 393 g/mol. The Morgan fingerprint density at radius 1 is 1.12 bits per heavy atom. The van der Waals surface area contributed by atoms with E-state index in [9.17, 15) is 4.79 Å². The van der Waals surface area contributed by atoms with Crippen molar-refractivity contribution in [2.75, 3.05) is 0 Å². The number of hydrogen-bond acceptors (Lipinski definition) is 2. The molecule has 0 radical (unpaired) electrons. The number of imidazole rings is 1. The number of aryl methyl sites for hydroxylation is 1. The molecule has 134 valence electrons. The lowest BCUT2D eigenvalue weighted by molar-refractivity contribution is -0.121. The lowest BCUT2D eigenvalue weighted by Crippen LogP contribution is -2.32. The molecule has 3 aromatic rings. The molecule has 0 unspecified atom stereocenters. The van der Waals surface area contributed by atoms with Crippen molar-refractivity contribution in [1.82, 2.24) is 14.9 Å². The number of carbonyl (C=O) groups is 1. The van der Waals surface area contributed by atoms with Gasteiger partial charge >= 0.3 is 0 Å². The molecule has 0 aliphatic rings. The lowest BCUT2D eigenvalue weighted by atomic mass is 10.1. The molecule has 0 saturated carbocycles. The highest BCUT2D eigenvalue weighted by Gasteiger charge is 2.21. The summed E-state index contributed by atoms with van der Waals surface area (Å²) in [6.45, 7) is 0. The van der Waals surface area contributed by atoms with Crippen LogP contribution in [0, 0.1) is 0 Å². The first-order valence-electron chi connectivity index (χ1n) is 7.90. The van der Waals surface area contributed by atoms with Crippen LogP contribution in [0.25, 0.3) is 0 Å². The summed E-state index contributed by atoms with van der Waals surface area (Å²) in [5.41, 5.74) is 1.68. The first-order valence-corrected chi connectivity index (χ1v) is 9.03. The van der Waals surface area contributed by atoms with E-state index in [1.165, 1.54) is 0 Å². The number of carbonyl (C=O) groups excluding carboxylic acids is 1. The molecule has 4 nitrogen and oxygen atoms in total. The van der Waals surface area contributed by atoms with Crippen molar-refractivity contribution >= 4 is 40.7 Å². The zero-order valence-corrected chi connectivity index (χ0v) is 16.2. The average Bonchev–Trinajstić information content (AvgIpc) is 3.03. The van der Waals surface area contributed by atoms with E-state index >= 15 is 0 Å². The number of aromatic nitrogens is 2. The predicted octanol–water partition coefficient (Wildman–Crippen LogP) is 4.83. The topological polar surface area (TPSA) is 46.9 Å². The standard InChI is InChI=1S/C19H16Cl3N3O/c1-25-9-8-23-19(25)18(13-3-5-14(20)6-4-13)24-17(26)11-12-2-7-15(21)16(22)10-12/h2-10,18H,11H2,1H3,(H,24,26)/t18-/m1/s1. The maximum Gasteiger partial charge on any atom is 0.225 e. The molecule has 3 rings (SSSR count). The van der Waals surface area contributed by atoms with Gasteiger partial charge in [-0.05, 0) is 35.4 Å². The van der Waals surface area contributed by atoms with Crippen LogP contribution in [0.1, 0.15) is 23.0 Å². The summed E-state index contributed by atoms with van der Waals surface area (Å²) in [7, 11) is 1.89. The summed E-state index contributed by atoms with van der Waals surface area (Å²) in [6.07, 6.45) is 3.72. The van der Waals surface area contributed by atoms with E-state index in [1.54, 1.807) is 36.5 Å². The zero-order chi connectivity index (χ0) is 18.7. The largest absolute Gasteiger partial charge is 0.342 e. The fourth-order valence-corrected chi connectivity index (χ4v) is 3.10. The van der Waals surface area contributed by atoms with Crippen LogP contribution in [0.2, 0.25) is 15.1 Å². The van der Waals surface area contributed by atoms with E-state index < -0.39 is 0 Å². The maximum atomic E-state index is 12.6. The van der Waals surface area contributed by atoms with Crippen LogP contribution in [0.4, 0.5) is 0 Å². The van der Waals surface area contributed by atoms with Gasteiger partial charge in [0.2, 0.25) is 5.91 Å². The molecule has 1 atom stereocenters. The van der Waals surface area contributed by atoms with Crippen LogP contribution in [-0.4, -0.2) is 15.5 Å². The first kappa shape index (κ1) is 18.8. The molecule has 7 heteroatoms. The molecule has 0 saturated heterocycles. The minimum absolute atomic E-state index is 0.147. The van der Waals surface area contributed by atoms with Gasteiger partial charge in [0, 0.05) is 24.5 Å². The van der Waals surface area contributed by atoms with E-state index in [2.05, 4.69) is 10.3 Å². The van der Waals surface area contributed by atoms with E-state index in [0.717, 1.165) is 17.0 Å². The summed E-state index contributed by atoms with van der Waals surface area (Å²) in [5.74, 6) is 0.584. The number of nitrogens with zero attached hydrogens (tertiary/aromatic N) is 2. The third-order valence-corrected chi connectivity index (χ3v) is 4.97. The van der Waals surface area contributed by atoms with Crippen molar-refractivity contribution in [3.63, 3.8) is 0 Å². The van der Waals surface area contributed by atoms with Gasteiger partial charge in [0.25, 0.3) is 0 Å². The predicted molar refractivity (Wildman–Crippen MR) is 105 cm³/mol. The summed E-state index contributed by atoms with van der Waals surface area (Å²) in [5, 5.41) is 4.56. The quantitative estimate of drug-likeness (QED) is 0.657. The number of hydrogen-bond donors (Lipinski definition) is 1. The Bertz CT molecular complexity index is 922. The smallest absolute Gasteiger partial charge is 0.225 e. The van der Waals surface area contributed by atoms with Gasteiger partial charge < -0.3 is 9.88 Å². The van der Waals surface area contributed by atoms with Crippen molar-refractivity contribution in [2.24, 2.45) is 7.05 Å². The molecule has 0 aliphatic heterocycles. The highest BCUT2D eigenvalue weighted by molar-refractivity contribution is 6.42. The Kier molecular flexibility index (Phi) is 5.87. The second-order valence-corrected chi connectivity index (χ2v) is 7.12. The molecule has 1 heterocycles. The van der Waals surface area contributed by atoms with Crippen molar-refractivity contribution < 1.29 is 4.79 Å². The van der Waals surface area contributed by atoms with Gasteiger partial charge in [0.1, 0.15) is 11.9 Å². The monoisotopic (exact) mass is 407 g/mol. The SMILES string of the molecule is Cn1ccnc1[C@H](NC(=O)Cc1ccc(Cl)c(Cl)c1)c1ccc(Cl)cc1. The Morgan fingerprint density at radius 3 is 2.46 bits per heavy atom. The third kappa shape index (κ3) is 4.39. The fourth-order valence-electron chi connectivity index (χ4n) is 2.65. The van der Waals surface area contributed by atoms with E-state index in [1.807, 2.05) is 29.9 Å². The van der Waals surface area contributed by atoms with Gasteiger partial charge in [0.05, 0.1) is 16.5 Å². The van der Waals surface area contributed by atoms with E-state index in [4.69, 9.17) is 34.8 Å². The van der Waals surface area contributed by atoms with Crippen LogP contribution in [-0.2, 0) is 18.3 Å². The van der Waals surface area contributed by atoms with Gasteiger partial charge in [0.15, 0.2) is 0 Å². The van der Waals surface area contributed by atoms with Gasteiger partial charge in [-0.25, -0.2) is 4.98 Å². The van der Waals surface area contributed by atoms with Gasteiger partial charge in [-0.2, -0.15) is 0 Å². The summed E-state index contributed by atoms with van der Waals surface area (Å²) in [4.78, 5) is 17.0. The molecule has 1 N–H and O–H groups in total. The molecule has 1 amide bonds. The highest BCUT2D eigenvalue weighted by atomic mass is 35.5. The number of amides is 1. The van der Waals surface area contributed by atoms with Crippen LogP contribution in [0.5, 0.6) is 0 Å². The number of benzene rings is 2. The summed E-state index contributed by atoms with van der Waals surface area (Å²) < 4.78 is 1.87. The minimum atomic E-state index is -0.387. The maximum absolute atomic E-state index is 12.6. The molecule has 0 aliphatic carbocycles. The van der Waals surface area contributed by atoms with Crippen LogP contribution in [0.15, 0.2) is 54.9 Å². The minimum Gasteiger partial charge on any atom is -0.342 e. The number of rotatable bonds is 5. The molecule has 2 aromatic carbocycles. The fraction of sp³-hybridized carbons (Fsp3) is 0.158. The Labute approximate surface area is 166 Å². The van der Waals surface area contributed by atoms with Gasteiger partial charge in [-0.3, -0.25) is 4.79 Å². The average molecular weight is 409 g/mol. The van der Waals surface area contributed by atoms with Crippen LogP contribution >= 0.6 is 34.8 Å². The molecule has 0 fully saturated rings. The third-order valence-electron chi connectivity index (χ3n) is 3.97. The summed E-state index contributed by atoms with van der Waals surface area (Å²) in [6, 6.07) is 12.1. The second-order valence-electron chi connectivity index (χ2n) is 5.87. The van der Waals surface area contributed by atoms with Crippen molar-refractivity contribution in [3.05, 3.63) is 86.9 Å². The molecule has 0 spiro atoms. The van der Waals surface area contributed by atoms with Crippen molar-refractivity contribution in [2.45, 2.75) is 12.5 Å². The molecule has 26 heavy (non-hydrogen) atoms. The molecular formula is C19H16Cl3N3O. The number of halogens is 3. The van der Waals surface area contributed by atoms with E-state index in [0.29, 0.717) is 15.1 Å². The van der Waals surface area contributed by atoms with Crippen LogP contribution < -0.4 is 5.32 Å². The Hall–Kier alpha value is -2.01. The molecule has 0 bridgehead atoms. The van der Waals surface area contributed by atoms with Crippen LogP contribution in [0.3, 0.4) is 0 Å². The Balaban J connectivity index is 1.83. The highest BCUT2D eigenvalue weighted by Crippen LogP contribution is 2.24. The first-order chi connectivity index (χ1) is 12.4. The lowest BCUT2D eigenvalue weighted by Gasteiger charge is -2.19. The second kappa shape index (κ2) is 8.12. The summed E-state index contributed by atoms with van der Waals surface area (Å²) >= 11 is 17.9. The van der Waals surface area contributed by atoms with E-state index in [-0.39, 0.29) is 18.4 Å². The number of nitrogens with one attached hydrogen (secondary N) is 1.